The maximum atomic E-state index is 12.9. The van der Waals surface area contributed by atoms with Gasteiger partial charge in [-0.15, -0.1) is 13.2 Å². The monoisotopic (exact) mass is 497 g/mol. The van der Waals surface area contributed by atoms with E-state index in [1.807, 2.05) is 0 Å². The highest BCUT2D eigenvalue weighted by molar-refractivity contribution is 6.06. The number of halogens is 3. The first-order valence-electron chi connectivity index (χ1n) is 11.0. The van der Waals surface area contributed by atoms with E-state index in [4.69, 9.17) is 5.73 Å². The first-order chi connectivity index (χ1) is 17.0. The number of primary amides is 1. The fourth-order valence-electron chi connectivity index (χ4n) is 4.15. The Hall–Kier alpha value is -4.34. The zero-order chi connectivity index (χ0) is 26.2. The predicted molar refractivity (Wildman–Crippen MR) is 127 cm³/mol. The van der Waals surface area contributed by atoms with Crippen molar-refractivity contribution in [1.29, 1.82) is 0 Å². The van der Waals surface area contributed by atoms with E-state index >= 15 is 0 Å². The van der Waals surface area contributed by atoms with Crippen molar-refractivity contribution in [3.63, 3.8) is 0 Å². The maximum Gasteiger partial charge on any atom is 0.573 e. The van der Waals surface area contributed by atoms with E-state index in [1.165, 1.54) is 17.0 Å². The third-order valence-electron chi connectivity index (χ3n) is 5.80. The lowest BCUT2D eigenvalue weighted by molar-refractivity contribution is -0.274. The van der Waals surface area contributed by atoms with E-state index in [-0.39, 0.29) is 30.1 Å². The van der Waals surface area contributed by atoms with Crippen LogP contribution in [0.15, 0.2) is 60.7 Å². The van der Waals surface area contributed by atoms with Crippen LogP contribution in [0.5, 0.6) is 5.75 Å². The first kappa shape index (κ1) is 24.8. The summed E-state index contributed by atoms with van der Waals surface area (Å²) < 4.78 is 42.9. The molecule has 0 fully saturated rings. The molecule has 7 nitrogen and oxygen atoms in total. The number of carbonyl (C=O) groups excluding carboxylic acids is 3. The lowest BCUT2D eigenvalue weighted by Crippen LogP contribution is -2.30. The Morgan fingerprint density at radius 2 is 1.83 bits per heavy atom. The lowest BCUT2D eigenvalue weighted by atomic mass is 9.95. The second-order valence-corrected chi connectivity index (χ2v) is 8.31. The molecule has 0 aromatic heterocycles. The summed E-state index contributed by atoms with van der Waals surface area (Å²) in [5.74, 6) is -2.04. The van der Waals surface area contributed by atoms with Gasteiger partial charge in [0.2, 0.25) is 5.91 Å². The number of nitrogens with two attached hydrogens (primary N) is 1. The van der Waals surface area contributed by atoms with Crippen LogP contribution >= 0.6 is 0 Å². The van der Waals surface area contributed by atoms with Crippen molar-refractivity contribution in [3.05, 3.63) is 77.4 Å². The van der Waals surface area contributed by atoms with Gasteiger partial charge in [-0.3, -0.25) is 14.4 Å². The van der Waals surface area contributed by atoms with Gasteiger partial charge >= 0.3 is 6.36 Å². The molecule has 3 amide bonds. The molecule has 10 heteroatoms. The fourth-order valence-corrected chi connectivity index (χ4v) is 4.15. The second kappa shape index (κ2) is 9.37. The van der Waals surface area contributed by atoms with Crippen molar-refractivity contribution < 1.29 is 32.3 Å². The van der Waals surface area contributed by atoms with Crippen LogP contribution in [0.1, 0.15) is 33.2 Å². The highest BCUT2D eigenvalue weighted by Crippen LogP contribution is 2.35. The molecule has 0 aliphatic carbocycles. The summed E-state index contributed by atoms with van der Waals surface area (Å²) in [6, 6.07) is 12.4. The van der Waals surface area contributed by atoms with E-state index in [1.54, 1.807) is 37.3 Å². The molecular formula is C26H22F3N3O4. The third-order valence-corrected chi connectivity index (χ3v) is 5.80. The molecular weight excluding hydrogens is 475 g/mol. The number of amides is 3. The minimum absolute atomic E-state index is 0.0123. The molecule has 0 spiro atoms. The number of nitrogens with zero attached hydrogens (tertiary/aromatic N) is 1. The molecule has 0 saturated carbocycles. The average molecular weight is 497 g/mol. The van der Waals surface area contributed by atoms with E-state index in [9.17, 15) is 27.6 Å². The standard InChI is InChI=1S/C26H22F3N3O4/c1-3-31-24(34)18-8-17(9-19(10-18)36-26(27,28)29)16-5-4-15-6-7-20-22(21(15)11-16)13-32(25(20)35)12-14(2)23(30)33/h4-11H,2-3,12-13H2,1H3,(H2,30,33)(H,31,34). The van der Waals surface area contributed by atoms with Crippen molar-refractivity contribution in [2.75, 3.05) is 13.1 Å². The molecule has 0 bridgehead atoms. The Kier molecular flexibility index (Phi) is 6.45. The number of hydrogen-bond acceptors (Lipinski definition) is 4. The Bertz CT molecular complexity index is 1420. The number of benzene rings is 3. The predicted octanol–water partition coefficient (Wildman–Crippen LogP) is 4.15. The summed E-state index contributed by atoms with van der Waals surface area (Å²) in [4.78, 5) is 38.1. The summed E-state index contributed by atoms with van der Waals surface area (Å²) in [5.41, 5.74) is 7.39. The Morgan fingerprint density at radius 3 is 2.50 bits per heavy atom. The van der Waals surface area contributed by atoms with Gasteiger partial charge in [0.05, 0.1) is 6.54 Å². The van der Waals surface area contributed by atoms with E-state index in [0.29, 0.717) is 34.2 Å². The summed E-state index contributed by atoms with van der Waals surface area (Å²) >= 11 is 0. The Balaban J connectivity index is 1.79. The van der Waals surface area contributed by atoms with Crippen LogP contribution in [-0.2, 0) is 11.3 Å². The average Bonchev–Trinajstić information content (AvgIpc) is 3.13. The van der Waals surface area contributed by atoms with Crippen LogP contribution < -0.4 is 15.8 Å². The van der Waals surface area contributed by atoms with Gasteiger partial charge in [0.25, 0.3) is 11.8 Å². The molecule has 3 aromatic carbocycles. The van der Waals surface area contributed by atoms with Gasteiger partial charge in [0.1, 0.15) is 5.75 Å². The summed E-state index contributed by atoms with van der Waals surface area (Å²) in [6.07, 6.45) is -4.93. The van der Waals surface area contributed by atoms with Crippen molar-refractivity contribution in [2.45, 2.75) is 19.8 Å². The highest BCUT2D eigenvalue weighted by atomic mass is 19.4. The van der Waals surface area contributed by atoms with Crippen LogP contribution in [0, 0.1) is 0 Å². The minimum atomic E-state index is -4.93. The molecule has 186 valence electrons. The number of carbonyl (C=O) groups is 3. The van der Waals surface area contributed by atoms with Crippen molar-refractivity contribution in [1.82, 2.24) is 10.2 Å². The number of ether oxygens (including phenoxy) is 1. The molecule has 4 rings (SSSR count). The molecule has 1 heterocycles. The maximum absolute atomic E-state index is 12.9. The number of alkyl halides is 3. The Labute approximate surface area is 204 Å². The number of rotatable bonds is 7. The van der Waals surface area contributed by atoms with Crippen LogP contribution in [0.2, 0.25) is 0 Å². The molecule has 3 aromatic rings. The molecule has 36 heavy (non-hydrogen) atoms. The molecule has 0 atom stereocenters. The third kappa shape index (κ3) is 5.02. The van der Waals surface area contributed by atoms with Gasteiger partial charge in [0.15, 0.2) is 0 Å². The number of nitrogens with one attached hydrogen (secondary N) is 1. The summed E-state index contributed by atoms with van der Waals surface area (Å²) in [5, 5.41) is 4.10. The molecule has 0 saturated heterocycles. The normalized spacial score (nSPS) is 13.0. The van der Waals surface area contributed by atoms with Gasteiger partial charge in [-0.2, -0.15) is 0 Å². The van der Waals surface area contributed by atoms with Crippen molar-refractivity contribution in [3.8, 4) is 16.9 Å². The molecule has 0 unspecified atom stereocenters. The van der Waals surface area contributed by atoms with E-state index in [0.717, 1.165) is 11.5 Å². The van der Waals surface area contributed by atoms with Crippen molar-refractivity contribution >= 4 is 28.5 Å². The van der Waals surface area contributed by atoms with Gasteiger partial charge in [0, 0.05) is 29.8 Å². The largest absolute Gasteiger partial charge is 0.573 e. The zero-order valence-corrected chi connectivity index (χ0v) is 19.2. The van der Waals surface area contributed by atoms with E-state index in [2.05, 4.69) is 16.6 Å². The molecule has 1 aliphatic rings. The SMILES string of the molecule is C=C(CN1Cc2c(ccc3ccc(-c4cc(OC(F)(F)F)cc(C(=O)NCC)c4)cc23)C1=O)C(N)=O. The number of hydrogen-bond donors (Lipinski definition) is 2. The van der Waals surface area contributed by atoms with Gasteiger partial charge in [-0.05, 0) is 64.7 Å². The van der Waals surface area contributed by atoms with Crippen molar-refractivity contribution in [2.24, 2.45) is 5.73 Å². The second-order valence-electron chi connectivity index (χ2n) is 8.31. The molecule has 3 N–H and O–H groups in total. The summed E-state index contributed by atoms with van der Waals surface area (Å²) in [6.45, 7) is 5.80. The zero-order valence-electron chi connectivity index (χ0n) is 19.2. The van der Waals surface area contributed by atoms with Gasteiger partial charge in [-0.1, -0.05) is 24.8 Å². The topological polar surface area (TPSA) is 102 Å². The lowest BCUT2D eigenvalue weighted by Gasteiger charge is -2.15. The molecule has 1 aliphatic heterocycles. The summed E-state index contributed by atoms with van der Waals surface area (Å²) in [7, 11) is 0. The van der Waals surface area contributed by atoms with Crippen LogP contribution in [0.4, 0.5) is 13.2 Å². The van der Waals surface area contributed by atoms with Gasteiger partial charge < -0.3 is 20.7 Å². The smallest absolute Gasteiger partial charge is 0.406 e. The van der Waals surface area contributed by atoms with Crippen LogP contribution in [-0.4, -0.2) is 42.1 Å². The Morgan fingerprint density at radius 1 is 1.11 bits per heavy atom. The number of fused-ring (bicyclic) bond motifs is 3. The fraction of sp³-hybridized carbons (Fsp3) is 0.192. The van der Waals surface area contributed by atoms with Crippen LogP contribution in [0.25, 0.3) is 21.9 Å². The quantitative estimate of drug-likeness (QED) is 0.479. The first-order valence-corrected chi connectivity index (χ1v) is 11.0. The van der Waals surface area contributed by atoms with Crippen LogP contribution in [0.3, 0.4) is 0 Å². The van der Waals surface area contributed by atoms with E-state index < -0.39 is 23.9 Å². The van der Waals surface area contributed by atoms with Gasteiger partial charge in [-0.25, -0.2) is 0 Å². The highest BCUT2D eigenvalue weighted by Gasteiger charge is 2.32. The molecule has 0 radical (unpaired) electrons. The minimum Gasteiger partial charge on any atom is -0.406 e.